The van der Waals surface area contributed by atoms with E-state index in [0.29, 0.717) is 0 Å². The third-order valence-electron chi connectivity index (χ3n) is 3.98. The average molecular weight is 268 g/mol. The summed E-state index contributed by atoms with van der Waals surface area (Å²) in [7, 11) is 0. The average Bonchev–Trinajstić information content (AvgIpc) is 3.10. The van der Waals surface area contributed by atoms with Gasteiger partial charge >= 0.3 is 0 Å². The molecule has 1 aromatic carbocycles. The number of aryl methyl sites for hydroxylation is 3. The van der Waals surface area contributed by atoms with Crippen LogP contribution in [0.3, 0.4) is 0 Å². The lowest BCUT2D eigenvalue weighted by atomic mass is 10.1. The van der Waals surface area contributed by atoms with Crippen LogP contribution >= 0.6 is 11.3 Å². The molecule has 96 valence electrons. The molecule has 0 saturated heterocycles. The van der Waals surface area contributed by atoms with Gasteiger partial charge in [-0.15, -0.1) is 11.3 Å². The molecule has 1 aliphatic carbocycles. The van der Waals surface area contributed by atoms with Gasteiger partial charge in [-0.05, 0) is 31.2 Å². The van der Waals surface area contributed by atoms with Crippen LogP contribution in [0.5, 0.6) is 0 Å². The van der Waals surface area contributed by atoms with Crippen molar-refractivity contribution in [3.8, 4) is 11.3 Å². The monoisotopic (exact) mass is 268 g/mol. The van der Waals surface area contributed by atoms with Crippen molar-refractivity contribution in [3.63, 3.8) is 0 Å². The molecule has 3 aromatic rings. The second kappa shape index (κ2) is 4.20. The molecule has 19 heavy (non-hydrogen) atoms. The highest BCUT2D eigenvalue weighted by atomic mass is 32.1. The number of fused-ring (bicyclic) bond motifs is 3. The molecular weight excluding hydrogens is 252 g/mol. The zero-order valence-corrected chi connectivity index (χ0v) is 11.8. The van der Waals surface area contributed by atoms with E-state index in [4.69, 9.17) is 4.98 Å². The molecule has 3 heteroatoms. The van der Waals surface area contributed by atoms with Crippen molar-refractivity contribution in [2.24, 2.45) is 0 Å². The molecule has 4 rings (SSSR count). The van der Waals surface area contributed by atoms with Gasteiger partial charge in [0, 0.05) is 22.3 Å². The van der Waals surface area contributed by atoms with Crippen molar-refractivity contribution in [2.45, 2.75) is 32.6 Å². The van der Waals surface area contributed by atoms with Crippen LogP contribution in [0.4, 0.5) is 0 Å². The molecule has 0 aliphatic heterocycles. The Morgan fingerprint density at radius 2 is 2.05 bits per heavy atom. The van der Waals surface area contributed by atoms with Crippen LogP contribution in [0, 0.1) is 0 Å². The van der Waals surface area contributed by atoms with E-state index in [1.165, 1.54) is 41.0 Å². The Labute approximate surface area is 116 Å². The molecule has 0 fully saturated rings. The molecule has 1 aliphatic rings. The fraction of sp³-hybridized carbons (Fsp3) is 0.312. The minimum Gasteiger partial charge on any atom is -0.294 e. The van der Waals surface area contributed by atoms with E-state index < -0.39 is 0 Å². The Hall–Kier alpha value is -1.61. The zero-order valence-electron chi connectivity index (χ0n) is 11.0. The first kappa shape index (κ1) is 11.2. The van der Waals surface area contributed by atoms with Gasteiger partial charge in [-0.1, -0.05) is 31.2 Å². The van der Waals surface area contributed by atoms with Crippen LogP contribution < -0.4 is 0 Å². The normalized spacial score (nSPS) is 14.2. The Bertz CT molecular complexity index is 734. The van der Waals surface area contributed by atoms with E-state index in [0.717, 1.165) is 17.1 Å². The summed E-state index contributed by atoms with van der Waals surface area (Å²) in [4.78, 5) is 7.47. The van der Waals surface area contributed by atoms with Gasteiger partial charge in [0.2, 0.25) is 0 Å². The van der Waals surface area contributed by atoms with E-state index in [1.54, 1.807) is 0 Å². The third kappa shape index (κ3) is 1.72. The van der Waals surface area contributed by atoms with E-state index in [9.17, 15) is 0 Å². The number of hydrogen-bond donors (Lipinski definition) is 0. The second-order valence-corrected chi connectivity index (χ2v) is 6.22. The standard InChI is InChI=1S/C16H16N2S/c1-2-11-6-8-12(9-7-11)13-10-18-14-4-3-5-15(14)19-16(18)17-13/h6-10H,2-5H2,1H3. The van der Waals surface area contributed by atoms with Crippen molar-refractivity contribution in [1.82, 2.24) is 9.38 Å². The first-order chi connectivity index (χ1) is 9.35. The molecule has 2 nitrogen and oxygen atoms in total. The van der Waals surface area contributed by atoms with Gasteiger partial charge in [0.05, 0.1) is 5.69 Å². The highest BCUT2D eigenvalue weighted by Crippen LogP contribution is 2.32. The largest absolute Gasteiger partial charge is 0.294 e. The van der Waals surface area contributed by atoms with Gasteiger partial charge in [0.25, 0.3) is 0 Å². The molecule has 0 spiro atoms. The second-order valence-electron chi connectivity index (χ2n) is 5.15. The number of rotatable bonds is 2. The predicted molar refractivity (Wildman–Crippen MR) is 79.9 cm³/mol. The smallest absolute Gasteiger partial charge is 0.194 e. The third-order valence-corrected chi connectivity index (χ3v) is 5.13. The zero-order chi connectivity index (χ0) is 12.8. The molecule has 0 radical (unpaired) electrons. The molecule has 0 amide bonds. The van der Waals surface area contributed by atoms with E-state index in [1.807, 2.05) is 11.3 Å². The topological polar surface area (TPSA) is 17.3 Å². The minimum absolute atomic E-state index is 1.09. The maximum absolute atomic E-state index is 4.78. The summed E-state index contributed by atoms with van der Waals surface area (Å²) in [5.74, 6) is 0. The van der Waals surface area contributed by atoms with Crippen LogP contribution in [-0.2, 0) is 19.3 Å². The van der Waals surface area contributed by atoms with Gasteiger partial charge in [-0.3, -0.25) is 4.40 Å². The molecule has 0 N–H and O–H groups in total. The molecule has 0 saturated carbocycles. The van der Waals surface area contributed by atoms with Crippen molar-refractivity contribution >= 4 is 16.3 Å². The highest BCUT2D eigenvalue weighted by Gasteiger charge is 2.19. The lowest BCUT2D eigenvalue weighted by molar-refractivity contribution is 0.888. The Balaban J connectivity index is 1.80. The van der Waals surface area contributed by atoms with Crippen molar-refractivity contribution in [2.75, 3.05) is 0 Å². The molecule has 0 bridgehead atoms. The SMILES string of the molecule is CCc1ccc(-c2cn3c4c(sc3n2)CCC4)cc1. The predicted octanol–water partition coefficient (Wildman–Crippen LogP) is 4.11. The lowest BCUT2D eigenvalue weighted by Gasteiger charge is -1.99. The fourth-order valence-electron chi connectivity index (χ4n) is 2.85. The Morgan fingerprint density at radius 3 is 2.84 bits per heavy atom. The number of nitrogens with zero attached hydrogens (tertiary/aromatic N) is 2. The first-order valence-electron chi connectivity index (χ1n) is 6.94. The van der Waals surface area contributed by atoms with E-state index in [2.05, 4.69) is 41.8 Å². The van der Waals surface area contributed by atoms with Gasteiger partial charge in [0.1, 0.15) is 0 Å². The summed E-state index contributed by atoms with van der Waals surface area (Å²) >= 11 is 1.86. The Kier molecular flexibility index (Phi) is 2.49. The molecule has 2 aromatic heterocycles. The fourth-order valence-corrected chi connectivity index (χ4v) is 4.04. The van der Waals surface area contributed by atoms with E-state index >= 15 is 0 Å². The van der Waals surface area contributed by atoms with Crippen LogP contribution in [-0.4, -0.2) is 9.38 Å². The summed E-state index contributed by atoms with van der Waals surface area (Å²) in [5.41, 5.74) is 5.19. The molecule has 0 unspecified atom stereocenters. The summed E-state index contributed by atoms with van der Waals surface area (Å²) in [6.07, 6.45) is 7.04. The van der Waals surface area contributed by atoms with Crippen molar-refractivity contribution < 1.29 is 0 Å². The molecular formula is C16H16N2S. The summed E-state index contributed by atoms with van der Waals surface area (Å²) < 4.78 is 2.30. The summed E-state index contributed by atoms with van der Waals surface area (Å²) in [6.45, 7) is 2.19. The first-order valence-corrected chi connectivity index (χ1v) is 7.76. The van der Waals surface area contributed by atoms with Crippen LogP contribution in [0.2, 0.25) is 0 Å². The number of thiazole rings is 1. The molecule has 0 atom stereocenters. The lowest BCUT2D eigenvalue weighted by Crippen LogP contribution is -1.85. The van der Waals surface area contributed by atoms with Crippen molar-refractivity contribution in [3.05, 3.63) is 46.6 Å². The minimum atomic E-state index is 1.09. The van der Waals surface area contributed by atoms with E-state index in [-0.39, 0.29) is 0 Å². The van der Waals surface area contributed by atoms with Gasteiger partial charge in [-0.2, -0.15) is 0 Å². The highest BCUT2D eigenvalue weighted by molar-refractivity contribution is 7.17. The summed E-state index contributed by atoms with van der Waals surface area (Å²) in [6, 6.07) is 8.78. The Morgan fingerprint density at radius 1 is 1.21 bits per heavy atom. The number of hydrogen-bond acceptors (Lipinski definition) is 2. The number of imidazole rings is 1. The molecule has 2 heterocycles. The van der Waals surface area contributed by atoms with Gasteiger partial charge in [0.15, 0.2) is 4.96 Å². The maximum atomic E-state index is 4.78. The van der Waals surface area contributed by atoms with Gasteiger partial charge in [-0.25, -0.2) is 4.98 Å². The number of benzene rings is 1. The van der Waals surface area contributed by atoms with Crippen LogP contribution in [0.25, 0.3) is 16.2 Å². The van der Waals surface area contributed by atoms with Crippen molar-refractivity contribution in [1.29, 1.82) is 0 Å². The maximum Gasteiger partial charge on any atom is 0.194 e. The summed E-state index contributed by atoms with van der Waals surface area (Å²) in [5, 5.41) is 0. The van der Waals surface area contributed by atoms with Crippen LogP contribution in [0.1, 0.15) is 29.5 Å². The van der Waals surface area contributed by atoms with Gasteiger partial charge < -0.3 is 0 Å². The number of aromatic nitrogens is 2. The quantitative estimate of drug-likeness (QED) is 0.683. The van der Waals surface area contributed by atoms with Crippen LogP contribution in [0.15, 0.2) is 30.5 Å².